The van der Waals surface area contributed by atoms with Gasteiger partial charge in [-0.05, 0) is 24.3 Å². The molecule has 23 heavy (non-hydrogen) atoms. The number of aromatic nitrogens is 2. The maximum atomic E-state index is 11.7. The molecule has 0 fully saturated rings. The van der Waals surface area contributed by atoms with E-state index in [9.17, 15) is 14.9 Å². The summed E-state index contributed by atoms with van der Waals surface area (Å²) in [4.78, 5) is 21.9. The van der Waals surface area contributed by atoms with Crippen LogP contribution in [-0.4, -0.2) is 20.6 Å². The quantitative estimate of drug-likeness (QED) is 0.590. The molecule has 0 aliphatic rings. The van der Waals surface area contributed by atoms with Gasteiger partial charge in [0.2, 0.25) is 0 Å². The van der Waals surface area contributed by atoms with Gasteiger partial charge in [0.05, 0.1) is 16.2 Å². The van der Waals surface area contributed by atoms with Gasteiger partial charge in [0.1, 0.15) is 5.69 Å². The molecule has 7 heteroatoms. The summed E-state index contributed by atoms with van der Waals surface area (Å²) in [6, 6.07) is 15.1. The fraction of sp³-hybridized carbons (Fsp3) is 0. The maximum Gasteiger partial charge on any atom is 0.269 e. The van der Waals surface area contributed by atoms with E-state index in [-0.39, 0.29) is 11.3 Å². The third kappa shape index (κ3) is 2.80. The van der Waals surface area contributed by atoms with Gasteiger partial charge in [-0.3, -0.25) is 14.9 Å². The Balaban J connectivity index is 2.09. The van der Waals surface area contributed by atoms with Crippen LogP contribution in [0.4, 0.5) is 5.69 Å². The fourth-order valence-corrected chi connectivity index (χ4v) is 2.22. The van der Waals surface area contributed by atoms with Crippen molar-refractivity contribution >= 4 is 11.6 Å². The Kier molecular flexibility index (Phi) is 3.60. The molecule has 0 saturated carbocycles. The van der Waals surface area contributed by atoms with Crippen LogP contribution < -0.4 is 5.73 Å². The molecule has 1 amide bonds. The molecule has 114 valence electrons. The molecule has 0 saturated heterocycles. The molecule has 2 aromatic carbocycles. The summed E-state index contributed by atoms with van der Waals surface area (Å²) >= 11 is 0. The summed E-state index contributed by atoms with van der Waals surface area (Å²) < 4.78 is 1.55. The lowest BCUT2D eigenvalue weighted by atomic mass is 10.1. The highest BCUT2D eigenvalue weighted by Gasteiger charge is 2.17. The van der Waals surface area contributed by atoms with Gasteiger partial charge >= 0.3 is 0 Å². The van der Waals surface area contributed by atoms with Crippen LogP contribution >= 0.6 is 0 Å². The number of carbonyl (C=O) groups is 1. The monoisotopic (exact) mass is 308 g/mol. The molecule has 2 N–H and O–H groups in total. The predicted molar refractivity (Wildman–Crippen MR) is 84.2 cm³/mol. The van der Waals surface area contributed by atoms with E-state index in [4.69, 9.17) is 5.73 Å². The van der Waals surface area contributed by atoms with Crippen molar-refractivity contribution in [1.29, 1.82) is 0 Å². The fourth-order valence-electron chi connectivity index (χ4n) is 2.22. The van der Waals surface area contributed by atoms with Gasteiger partial charge in [-0.25, -0.2) is 4.68 Å². The molecular weight excluding hydrogens is 296 g/mol. The number of amides is 1. The Morgan fingerprint density at radius 1 is 1.09 bits per heavy atom. The lowest BCUT2D eigenvalue weighted by molar-refractivity contribution is -0.384. The van der Waals surface area contributed by atoms with Crippen LogP contribution in [0.1, 0.15) is 10.4 Å². The predicted octanol–water partition coefficient (Wildman–Crippen LogP) is 2.55. The minimum Gasteiger partial charge on any atom is -0.365 e. The normalized spacial score (nSPS) is 10.4. The first-order valence-corrected chi connectivity index (χ1v) is 6.76. The molecule has 0 aliphatic heterocycles. The zero-order valence-corrected chi connectivity index (χ0v) is 11.9. The van der Waals surface area contributed by atoms with Crippen molar-refractivity contribution in [3.63, 3.8) is 0 Å². The molecule has 0 aliphatic carbocycles. The lowest BCUT2D eigenvalue weighted by Gasteiger charge is -2.00. The second-order valence-electron chi connectivity index (χ2n) is 4.84. The van der Waals surface area contributed by atoms with Crippen LogP contribution in [0.3, 0.4) is 0 Å². The zero-order chi connectivity index (χ0) is 16.4. The van der Waals surface area contributed by atoms with Crippen molar-refractivity contribution in [3.8, 4) is 16.9 Å². The standard InChI is InChI=1S/C16H12N4O3/c17-16(21)14-10-19(12-4-2-1-3-5-12)18-15(14)11-6-8-13(9-7-11)20(22)23/h1-10H,(H2,17,21). The molecule has 0 unspecified atom stereocenters. The number of para-hydroxylation sites is 1. The molecule has 1 aromatic heterocycles. The molecule has 0 spiro atoms. The summed E-state index contributed by atoms with van der Waals surface area (Å²) in [5, 5.41) is 15.1. The first kappa shape index (κ1) is 14.5. The van der Waals surface area contributed by atoms with Crippen LogP contribution in [0.5, 0.6) is 0 Å². The van der Waals surface area contributed by atoms with Gasteiger partial charge in [-0.1, -0.05) is 18.2 Å². The van der Waals surface area contributed by atoms with Crippen molar-refractivity contribution in [1.82, 2.24) is 9.78 Å². The number of primary amides is 1. The molecule has 1 heterocycles. The highest BCUT2D eigenvalue weighted by Crippen LogP contribution is 2.25. The van der Waals surface area contributed by atoms with Crippen molar-refractivity contribution in [2.45, 2.75) is 0 Å². The molecule has 3 aromatic rings. The van der Waals surface area contributed by atoms with E-state index in [1.54, 1.807) is 23.0 Å². The number of nitro groups is 1. The number of nitro benzene ring substituents is 1. The van der Waals surface area contributed by atoms with Gasteiger partial charge in [-0.2, -0.15) is 5.10 Å². The maximum absolute atomic E-state index is 11.7. The highest BCUT2D eigenvalue weighted by molar-refractivity contribution is 5.98. The first-order valence-electron chi connectivity index (χ1n) is 6.76. The van der Waals surface area contributed by atoms with Crippen molar-refractivity contribution in [2.75, 3.05) is 0 Å². The van der Waals surface area contributed by atoms with Gasteiger partial charge in [0, 0.05) is 23.9 Å². The first-order chi connectivity index (χ1) is 11.1. The topological polar surface area (TPSA) is 104 Å². The summed E-state index contributed by atoms with van der Waals surface area (Å²) in [7, 11) is 0. The summed E-state index contributed by atoms with van der Waals surface area (Å²) in [5.41, 5.74) is 7.39. The van der Waals surface area contributed by atoms with E-state index >= 15 is 0 Å². The molecule has 0 bridgehead atoms. The number of benzene rings is 2. The Morgan fingerprint density at radius 2 is 1.74 bits per heavy atom. The van der Waals surface area contributed by atoms with E-state index in [1.807, 2.05) is 30.3 Å². The van der Waals surface area contributed by atoms with E-state index < -0.39 is 10.8 Å². The number of hydrogen-bond acceptors (Lipinski definition) is 4. The number of nitrogens with two attached hydrogens (primary N) is 1. The smallest absolute Gasteiger partial charge is 0.269 e. The second-order valence-corrected chi connectivity index (χ2v) is 4.84. The average molecular weight is 308 g/mol. The number of rotatable bonds is 4. The Hall–Kier alpha value is -3.48. The molecular formula is C16H12N4O3. The van der Waals surface area contributed by atoms with E-state index in [0.717, 1.165) is 5.69 Å². The van der Waals surface area contributed by atoms with Crippen molar-refractivity contribution in [2.24, 2.45) is 5.73 Å². The van der Waals surface area contributed by atoms with Crippen LogP contribution in [0.2, 0.25) is 0 Å². The third-order valence-electron chi connectivity index (χ3n) is 3.35. The number of hydrogen-bond donors (Lipinski definition) is 1. The van der Waals surface area contributed by atoms with Crippen LogP contribution in [-0.2, 0) is 0 Å². The Labute approximate surface area is 131 Å². The van der Waals surface area contributed by atoms with E-state index in [0.29, 0.717) is 11.3 Å². The Morgan fingerprint density at radius 3 is 2.30 bits per heavy atom. The van der Waals surface area contributed by atoms with E-state index in [1.165, 1.54) is 12.1 Å². The molecule has 0 atom stereocenters. The number of carbonyl (C=O) groups excluding carboxylic acids is 1. The zero-order valence-electron chi connectivity index (χ0n) is 11.9. The second kappa shape index (κ2) is 5.72. The van der Waals surface area contributed by atoms with Gasteiger partial charge < -0.3 is 5.73 Å². The van der Waals surface area contributed by atoms with Crippen LogP contribution in [0, 0.1) is 10.1 Å². The molecule has 0 radical (unpaired) electrons. The SMILES string of the molecule is NC(=O)c1cn(-c2ccccc2)nc1-c1ccc([N+](=O)[O-])cc1. The van der Waals surface area contributed by atoms with Crippen LogP contribution in [0.25, 0.3) is 16.9 Å². The largest absolute Gasteiger partial charge is 0.365 e. The summed E-state index contributed by atoms with van der Waals surface area (Å²) in [6.07, 6.45) is 1.55. The van der Waals surface area contributed by atoms with Gasteiger partial charge in [-0.15, -0.1) is 0 Å². The summed E-state index contributed by atoms with van der Waals surface area (Å²) in [5.74, 6) is -0.611. The minimum absolute atomic E-state index is 0.0307. The highest BCUT2D eigenvalue weighted by atomic mass is 16.6. The molecule has 7 nitrogen and oxygen atoms in total. The van der Waals surface area contributed by atoms with E-state index in [2.05, 4.69) is 5.10 Å². The average Bonchev–Trinajstić information content (AvgIpc) is 3.01. The van der Waals surface area contributed by atoms with Crippen LogP contribution in [0.15, 0.2) is 60.8 Å². The number of nitrogens with zero attached hydrogens (tertiary/aromatic N) is 3. The Bertz CT molecular complexity index is 870. The van der Waals surface area contributed by atoms with Crippen molar-refractivity contribution < 1.29 is 9.72 Å². The third-order valence-corrected chi connectivity index (χ3v) is 3.35. The summed E-state index contributed by atoms with van der Waals surface area (Å²) in [6.45, 7) is 0. The number of non-ortho nitro benzene ring substituents is 1. The van der Waals surface area contributed by atoms with Gasteiger partial charge in [0.15, 0.2) is 0 Å². The lowest BCUT2D eigenvalue weighted by Crippen LogP contribution is -2.11. The minimum atomic E-state index is -0.611. The molecule has 3 rings (SSSR count). The van der Waals surface area contributed by atoms with Gasteiger partial charge in [0.25, 0.3) is 11.6 Å². The van der Waals surface area contributed by atoms with Crippen molar-refractivity contribution in [3.05, 3.63) is 76.5 Å².